The van der Waals surface area contributed by atoms with Crippen molar-refractivity contribution in [1.29, 1.82) is 0 Å². The minimum Gasteiger partial charge on any atom is -0.480 e. The van der Waals surface area contributed by atoms with E-state index in [1.807, 2.05) is 12.1 Å². The molecule has 3 rings (SSSR count). The van der Waals surface area contributed by atoms with E-state index in [1.54, 1.807) is 12.1 Å². The lowest BCUT2D eigenvalue weighted by Gasteiger charge is -2.31. The highest BCUT2D eigenvalue weighted by Crippen LogP contribution is 2.18. The van der Waals surface area contributed by atoms with Gasteiger partial charge in [-0.1, -0.05) is 0 Å². The van der Waals surface area contributed by atoms with E-state index in [2.05, 4.69) is 10.2 Å². The van der Waals surface area contributed by atoms with E-state index in [9.17, 15) is 9.59 Å². The van der Waals surface area contributed by atoms with Crippen molar-refractivity contribution in [3.8, 4) is 0 Å². The molecule has 2 N–H and O–H groups in total. The zero-order valence-corrected chi connectivity index (χ0v) is 14.6. The predicted octanol–water partition coefficient (Wildman–Crippen LogP) is 0.512. The number of hydrogen-bond donors (Lipinski definition) is 2. The van der Waals surface area contributed by atoms with Crippen LogP contribution in [0, 0.1) is 0 Å². The number of benzene rings is 1. The molecule has 8 nitrogen and oxygen atoms in total. The second-order valence-corrected chi connectivity index (χ2v) is 6.33. The Hall–Kier alpha value is -2.16. The van der Waals surface area contributed by atoms with Crippen LogP contribution in [0.25, 0.3) is 0 Å². The van der Waals surface area contributed by atoms with E-state index in [-0.39, 0.29) is 18.6 Å². The van der Waals surface area contributed by atoms with Gasteiger partial charge in [-0.2, -0.15) is 0 Å². The van der Waals surface area contributed by atoms with Gasteiger partial charge in [-0.15, -0.1) is 0 Å². The normalized spacial score (nSPS) is 23.5. The highest BCUT2D eigenvalue weighted by molar-refractivity contribution is 5.94. The van der Waals surface area contributed by atoms with Crippen molar-refractivity contribution >= 4 is 17.6 Å². The largest absolute Gasteiger partial charge is 0.480 e. The highest BCUT2D eigenvalue weighted by Gasteiger charge is 2.29. The molecule has 0 saturated carbocycles. The molecule has 142 valence electrons. The number of anilines is 1. The summed E-state index contributed by atoms with van der Waals surface area (Å²) in [5.74, 6) is -1.24. The van der Waals surface area contributed by atoms with Crippen LogP contribution in [-0.2, 0) is 19.0 Å². The van der Waals surface area contributed by atoms with Crippen LogP contribution in [0.1, 0.15) is 16.8 Å². The number of hydrogen-bond acceptors (Lipinski definition) is 6. The van der Waals surface area contributed by atoms with Gasteiger partial charge in [0.15, 0.2) is 0 Å². The summed E-state index contributed by atoms with van der Waals surface area (Å²) in [6.07, 6.45) is 0.124. The molecular weight excluding hydrogens is 340 g/mol. The Morgan fingerprint density at radius 3 is 2.58 bits per heavy atom. The fraction of sp³-hybridized carbons (Fsp3) is 0.556. The number of carboxylic acids is 1. The third-order valence-electron chi connectivity index (χ3n) is 4.55. The van der Waals surface area contributed by atoms with Crippen LogP contribution < -0.4 is 10.2 Å². The molecule has 2 heterocycles. The van der Waals surface area contributed by atoms with Crippen LogP contribution in [0.15, 0.2) is 24.3 Å². The van der Waals surface area contributed by atoms with E-state index in [0.29, 0.717) is 31.8 Å². The van der Waals surface area contributed by atoms with Gasteiger partial charge in [0.2, 0.25) is 0 Å². The third-order valence-corrected chi connectivity index (χ3v) is 4.55. The fourth-order valence-electron chi connectivity index (χ4n) is 3.12. The van der Waals surface area contributed by atoms with Gasteiger partial charge in [0, 0.05) is 30.9 Å². The Bertz CT molecular complexity index is 615. The van der Waals surface area contributed by atoms with Gasteiger partial charge in [0.05, 0.1) is 25.9 Å². The van der Waals surface area contributed by atoms with Gasteiger partial charge in [0.1, 0.15) is 12.7 Å². The van der Waals surface area contributed by atoms with E-state index < -0.39 is 18.7 Å². The number of amides is 1. The second-order valence-electron chi connectivity index (χ2n) is 6.33. The Kier molecular flexibility index (Phi) is 6.43. The molecule has 2 aliphatic rings. The molecule has 2 aliphatic heterocycles. The van der Waals surface area contributed by atoms with E-state index in [4.69, 9.17) is 19.3 Å². The minimum atomic E-state index is -1.04. The summed E-state index contributed by atoms with van der Waals surface area (Å²) in [4.78, 5) is 25.4. The Balaban J connectivity index is 1.58. The lowest BCUT2D eigenvalue weighted by Crippen LogP contribution is -2.50. The number of rotatable bonds is 6. The molecule has 0 spiro atoms. The summed E-state index contributed by atoms with van der Waals surface area (Å²) in [7, 11) is 0. The number of nitrogens with zero attached hydrogens (tertiary/aromatic N) is 1. The van der Waals surface area contributed by atoms with E-state index >= 15 is 0 Å². The number of ether oxygens (including phenoxy) is 3. The first-order valence-corrected chi connectivity index (χ1v) is 8.78. The van der Waals surface area contributed by atoms with Crippen molar-refractivity contribution in [1.82, 2.24) is 5.32 Å². The summed E-state index contributed by atoms with van der Waals surface area (Å²) in [6.45, 7) is 3.48. The standard InChI is InChI=1S/C18H24N2O6/c21-17(22)12-26-16-11-25-8-5-15(16)19-18(23)13-1-3-14(4-2-13)20-6-9-24-10-7-20/h1-4,15-16H,5-12H2,(H,19,23)(H,21,22)/t15-,16-/m1/s1. The molecule has 1 amide bonds. The van der Waals surface area contributed by atoms with Crippen molar-refractivity contribution < 1.29 is 28.9 Å². The fourth-order valence-corrected chi connectivity index (χ4v) is 3.12. The molecular formula is C18H24N2O6. The van der Waals surface area contributed by atoms with Crippen LogP contribution in [0.2, 0.25) is 0 Å². The molecule has 0 unspecified atom stereocenters. The molecule has 8 heteroatoms. The summed E-state index contributed by atoms with van der Waals surface area (Å²) in [5.41, 5.74) is 1.63. The average Bonchev–Trinajstić information content (AvgIpc) is 2.68. The first-order valence-electron chi connectivity index (χ1n) is 8.78. The smallest absolute Gasteiger partial charge is 0.329 e. The molecule has 0 aromatic heterocycles. The van der Waals surface area contributed by atoms with Crippen molar-refractivity contribution in [2.45, 2.75) is 18.6 Å². The molecule has 26 heavy (non-hydrogen) atoms. The second kappa shape index (κ2) is 8.98. The number of carbonyl (C=O) groups is 2. The van der Waals surface area contributed by atoms with Crippen molar-refractivity contribution in [2.24, 2.45) is 0 Å². The van der Waals surface area contributed by atoms with Crippen LogP contribution in [-0.4, -0.2) is 75.3 Å². The summed E-state index contributed by atoms with van der Waals surface area (Å²) >= 11 is 0. The van der Waals surface area contributed by atoms with Crippen molar-refractivity contribution in [3.63, 3.8) is 0 Å². The summed E-state index contributed by atoms with van der Waals surface area (Å²) in [5, 5.41) is 11.7. The van der Waals surface area contributed by atoms with E-state index in [0.717, 1.165) is 18.8 Å². The summed E-state index contributed by atoms with van der Waals surface area (Å²) < 4.78 is 16.0. The topological polar surface area (TPSA) is 97.3 Å². The van der Waals surface area contributed by atoms with Gasteiger partial charge in [-0.25, -0.2) is 4.79 Å². The lowest BCUT2D eigenvalue weighted by molar-refractivity contribution is -0.148. The average molecular weight is 364 g/mol. The monoisotopic (exact) mass is 364 g/mol. The van der Waals surface area contributed by atoms with E-state index in [1.165, 1.54) is 0 Å². The van der Waals surface area contributed by atoms with Gasteiger partial charge in [0.25, 0.3) is 5.91 Å². The first kappa shape index (κ1) is 18.6. The number of carboxylic acid groups (broad SMARTS) is 1. The highest BCUT2D eigenvalue weighted by atomic mass is 16.5. The summed E-state index contributed by atoms with van der Waals surface area (Å²) in [6, 6.07) is 7.19. The van der Waals surface area contributed by atoms with Crippen LogP contribution in [0.4, 0.5) is 5.69 Å². The van der Waals surface area contributed by atoms with Gasteiger partial charge in [-0.05, 0) is 30.7 Å². The van der Waals surface area contributed by atoms with Crippen molar-refractivity contribution in [2.75, 3.05) is 51.0 Å². The SMILES string of the molecule is O=C(O)CO[C@@H]1COCC[C@H]1NC(=O)c1ccc(N2CCOCC2)cc1. The Morgan fingerprint density at radius 1 is 1.15 bits per heavy atom. The molecule has 1 aromatic carbocycles. The first-order chi connectivity index (χ1) is 12.6. The molecule has 2 fully saturated rings. The molecule has 1 aromatic rings. The van der Waals surface area contributed by atoms with Gasteiger partial charge >= 0.3 is 5.97 Å². The molecule has 2 saturated heterocycles. The maximum atomic E-state index is 12.5. The number of aliphatic carboxylic acids is 1. The molecule has 2 atom stereocenters. The molecule has 0 radical (unpaired) electrons. The van der Waals surface area contributed by atoms with Crippen LogP contribution >= 0.6 is 0 Å². The maximum Gasteiger partial charge on any atom is 0.329 e. The van der Waals surface area contributed by atoms with Gasteiger partial charge in [-0.3, -0.25) is 4.79 Å². The van der Waals surface area contributed by atoms with Crippen LogP contribution in [0.3, 0.4) is 0 Å². The lowest BCUT2D eigenvalue weighted by atomic mass is 10.0. The quantitative estimate of drug-likeness (QED) is 0.759. The molecule has 0 aliphatic carbocycles. The Morgan fingerprint density at radius 2 is 1.88 bits per heavy atom. The number of nitrogens with one attached hydrogen (secondary N) is 1. The maximum absolute atomic E-state index is 12.5. The number of carbonyl (C=O) groups excluding carboxylic acids is 1. The van der Waals surface area contributed by atoms with Crippen molar-refractivity contribution in [3.05, 3.63) is 29.8 Å². The zero-order valence-electron chi connectivity index (χ0n) is 14.6. The van der Waals surface area contributed by atoms with Crippen LogP contribution in [0.5, 0.6) is 0 Å². The van der Waals surface area contributed by atoms with Gasteiger partial charge < -0.3 is 29.5 Å². The minimum absolute atomic E-state index is 0.200. The third kappa shape index (κ3) is 4.94. The predicted molar refractivity (Wildman–Crippen MR) is 93.5 cm³/mol. The Labute approximate surface area is 152 Å². The molecule has 0 bridgehead atoms. The zero-order chi connectivity index (χ0) is 18.4. The number of morpholine rings is 1.